The first-order valence-electron chi connectivity index (χ1n) is 5.49. The lowest BCUT2D eigenvalue weighted by Gasteiger charge is -2.26. The van der Waals surface area contributed by atoms with Crippen LogP contribution in [-0.2, 0) is 0 Å². The number of aromatic nitrogens is 1. The summed E-state index contributed by atoms with van der Waals surface area (Å²) >= 11 is 3.47. The normalized spacial score (nSPS) is 19.1. The zero-order chi connectivity index (χ0) is 10.9. The molecule has 1 aliphatic rings. The summed E-state index contributed by atoms with van der Waals surface area (Å²) in [5.74, 6) is 1.00. The van der Waals surface area contributed by atoms with E-state index in [0.717, 1.165) is 10.3 Å². The molecule has 2 nitrogen and oxygen atoms in total. The third-order valence-electron chi connectivity index (χ3n) is 3.18. The van der Waals surface area contributed by atoms with Gasteiger partial charge in [0.15, 0.2) is 0 Å². The predicted octanol–water partition coefficient (Wildman–Crippen LogP) is 3.90. The Morgan fingerprint density at radius 2 is 2.07 bits per heavy atom. The lowest BCUT2D eigenvalue weighted by atomic mass is 10.0. The predicted molar refractivity (Wildman–Crippen MR) is 67.2 cm³/mol. The van der Waals surface area contributed by atoms with Gasteiger partial charge in [-0.25, -0.2) is 4.98 Å². The fraction of sp³-hybridized carbons (Fsp3) is 0.583. The van der Waals surface area contributed by atoms with Crippen LogP contribution in [-0.4, -0.2) is 10.5 Å². The third kappa shape index (κ3) is 2.51. The molecular formula is C12H17BrN2. The highest BCUT2D eigenvalue weighted by Gasteiger charge is 2.28. The van der Waals surface area contributed by atoms with Crippen molar-refractivity contribution < 1.29 is 0 Å². The van der Waals surface area contributed by atoms with Gasteiger partial charge in [0.1, 0.15) is 5.82 Å². The highest BCUT2D eigenvalue weighted by molar-refractivity contribution is 9.10. The molecule has 1 aromatic rings. The molecule has 0 aromatic carbocycles. The number of halogens is 1. The van der Waals surface area contributed by atoms with Gasteiger partial charge in [-0.1, -0.05) is 12.8 Å². The van der Waals surface area contributed by atoms with Gasteiger partial charge in [0.05, 0.1) is 0 Å². The lowest BCUT2D eigenvalue weighted by Crippen LogP contribution is -2.31. The maximum atomic E-state index is 4.39. The van der Waals surface area contributed by atoms with E-state index in [1.54, 1.807) is 0 Å². The molecule has 1 N–H and O–H groups in total. The minimum absolute atomic E-state index is 0.257. The van der Waals surface area contributed by atoms with Crippen LogP contribution in [0, 0.1) is 6.92 Å². The Labute approximate surface area is 99.6 Å². The number of hydrogen-bond acceptors (Lipinski definition) is 2. The number of rotatable bonds is 2. The summed E-state index contributed by atoms with van der Waals surface area (Å²) in [5, 5.41) is 3.55. The maximum Gasteiger partial charge on any atom is 0.126 e. The number of anilines is 1. The minimum Gasteiger partial charge on any atom is -0.365 e. The van der Waals surface area contributed by atoms with Gasteiger partial charge in [0, 0.05) is 16.2 Å². The average Bonchev–Trinajstić information content (AvgIpc) is 2.59. The highest BCUT2D eigenvalue weighted by Crippen LogP contribution is 2.32. The van der Waals surface area contributed by atoms with Crippen LogP contribution in [0.1, 0.15) is 38.2 Å². The molecule has 1 saturated carbocycles. The minimum atomic E-state index is 0.257. The van der Waals surface area contributed by atoms with E-state index in [1.807, 2.05) is 6.20 Å². The molecule has 1 aromatic heterocycles. The van der Waals surface area contributed by atoms with E-state index in [9.17, 15) is 0 Å². The number of pyridine rings is 1. The van der Waals surface area contributed by atoms with Crippen LogP contribution >= 0.6 is 15.9 Å². The van der Waals surface area contributed by atoms with Crippen LogP contribution in [0.2, 0.25) is 0 Å². The molecule has 1 aliphatic carbocycles. The Hall–Kier alpha value is -0.570. The topological polar surface area (TPSA) is 24.9 Å². The zero-order valence-electron chi connectivity index (χ0n) is 9.31. The summed E-state index contributed by atoms with van der Waals surface area (Å²) in [5.41, 5.74) is 1.49. The van der Waals surface area contributed by atoms with Crippen molar-refractivity contribution in [2.75, 3.05) is 5.32 Å². The van der Waals surface area contributed by atoms with Crippen molar-refractivity contribution in [1.82, 2.24) is 4.98 Å². The van der Waals surface area contributed by atoms with Crippen molar-refractivity contribution >= 4 is 21.7 Å². The van der Waals surface area contributed by atoms with Crippen molar-refractivity contribution in [2.45, 2.75) is 45.1 Å². The van der Waals surface area contributed by atoms with Gasteiger partial charge in [-0.15, -0.1) is 0 Å². The Morgan fingerprint density at radius 1 is 1.40 bits per heavy atom. The molecular weight excluding hydrogens is 252 g/mol. The largest absolute Gasteiger partial charge is 0.365 e. The Kier molecular flexibility index (Phi) is 3.01. The molecule has 0 amide bonds. The fourth-order valence-electron chi connectivity index (χ4n) is 2.20. The first-order chi connectivity index (χ1) is 7.09. The summed E-state index contributed by atoms with van der Waals surface area (Å²) in [4.78, 5) is 4.39. The second-order valence-corrected chi connectivity index (χ2v) is 5.57. The van der Waals surface area contributed by atoms with Gasteiger partial charge in [-0.3, -0.25) is 0 Å². The summed E-state index contributed by atoms with van der Waals surface area (Å²) in [6.45, 7) is 4.38. The van der Waals surface area contributed by atoms with Crippen LogP contribution in [0.15, 0.2) is 16.7 Å². The van der Waals surface area contributed by atoms with Crippen molar-refractivity contribution in [1.29, 1.82) is 0 Å². The van der Waals surface area contributed by atoms with Crippen molar-refractivity contribution in [2.24, 2.45) is 0 Å². The molecule has 0 bridgehead atoms. The highest BCUT2D eigenvalue weighted by atomic mass is 79.9. The van der Waals surface area contributed by atoms with E-state index in [0.29, 0.717) is 0 Å². The molecule has 1 heterocycles. The quantitative estimate of drug-likeness (QED) is 0.880. The molecule has 1 fully saturated rings. The van der Waals surface area contributed by atoms with Crippen LogP contribution in [0.3, 0.4) is 0 Å². The standard InChI is InChI=1S/C12H17BrN2/c1-9-7-11(14-8-10(9)13)15-12(2)5-3-4-6-12/h7-8H,3-6H2,1-2H3,(H,14,15). The van der Waals surface area contributed by atoms with Crippen molar-refractivity contribution in [3.05, 3.63) is 22.3 Å². The van der Waals surface area contributed by atoms with Crippen LogP contribution < -0.4 is 5.32 Å². The molecule has 0 spiro atoms. The molecule has 0 atom stereocenters. The number of aryl methyl sites for hydroxylation is 1. The zero-order valence-corrected chi connectivity index (χ0v) is 10.9. The Bertz CT molecular complexity index is 357. The first kappa shape index (κ1) is 10.9. The maximum absolute atomic E-state index is 4.39. The van der Waals surface area contributed by atoms with Gasteiger partial charge in [-0.2, -0.15) is 0 Å². The molecule has 82 valence electrons. The van der Waals surface area contributed by atoms with Gasteiger partial charge in [-0.05, 0) is 54.2 Å². The van der Waals surface area contributed by atoms with Crippen molar-refractivity contribution in [3.63, 3.8) is 0 Å². The van der Waals surface area contributed by atoms with E-state index in [-0.39, 0.29) is 5.54 Å². The Morgan fingerprint density at radius 3 is 2.67 bits per heavy atom. The number of hydrogen-bond donors (Lipinski definition) is 1. The molecule has 0 unspecified atom stereocenters. The molecule has 0 aliphatic heterocycles. The molecule has 0 saturated heterocycles. The van der Waals surface area contributed by atoms with Gasteiger partial charge >= 0.3 is 0 Å². The lowest BCUT2D eigenvalue weighted by molar-refractivity contribution is 0.531. The van der Waals surface area contributed by atoms with E-state index >= 15 is 0 Å². The average molecular weight is 269 g/mol. The summed E-state index contributed by atoms with van der Waals surface area (Å²) < 4.78 is 1.07. The monoisotopic (exact) mass is 268 g/mol. The van der Waals surface area contributed by atoms with Gasteiger partial charge in [0.2, 0.25) is 0 Å². The second-order valence-electron chi connectivity index (χ2n) is 4.71. The number of nitrogens with one attached hydrogen (secondary N) is 1. The number of nitrogens with zero attached hydrogens (tertiary/aromatic N) is 1. The SMILES string of the molecule is Cc1cc(NC2(C)CCCC2)ncc1Br. The summed E-state index contributed by atoms with van der Waals surface area (Å²) in [6.07, 6.45) is 7.04. The van der Waals surface area contributed by atoms with Crippen molar-refractivity contribution in [3.8, 4) is 0 Å². The van der Waals surface area contributed by atoms with Crippen LogP contribution in [0.25, 0.3) is 0 Å². The molecule has 3 heteroatoms. The fourth-order valence-corrected chi connectivity index (χ4v) is 2.41. The summed E-state index contributed by atoms with van der Waals surface area (Å²) in [6, 6.07) is 2.10. The summed E-state index contributed by atoms with van der Waals surface area (Å²) in [7, 11) is 0. The first-order valence-corrected chi connectivity index (χ1v) is 6.29. The van der Waals surface area contributed by atoms with E-state index < -0.39 is 0 Å². The van der Waals surface area contributed by atoms with Crippen LogP contribution in [0.5, 0.6) is 0 Å². The third-order valence-corrected chi connectivity index (χ3v) is 4.01. The molecule has 0 radical (unpaired) electrons. The second kappa shape index (κ2) is 4.12. The molecule has 2 rings (SSSR count). The van der Waals surface area contributed by atoms with E-state index in [1.165, 1.54) is 31.2 Å². The Balaban J connectivity index is 2.13. The van der Waals surface area contributed by atoms with Gasteiger partial charge < -0.3 is 5.32 Å². The van der Waals surface area contributed by atoms with E-state index in [4.69, 9.17) is 0 Å². The van der Waals surface area contributed by atoms with Crippen LogP contribution in [0.4, 0.5) is 5.82 Å². The molecule has 15 heavy (non-hydrogen) atoms. The van der Waals surface area contributed by atoms with Gasteiger partial charge in [0.25, 0.3) is 0 Å². The smallest absolute Gasteiger partial charge is 0.126 e. The van der Waals surface area contributed by atoms with E-state index in [2.05, 4.69) is 46.1 Å².